The Morgan fingerprint density at radius 1 is 0.607 bits per heavy atom. The van der Waals surface area contributed by atoms with Gasteiger partial charge in [-0.2, -0.15) is 0 Å². The molecule has 56 heavy (non-hydrogen) atoms. The largest absolute Gasteiger partial charge is 0.472 e. The van der Waals surface area contributed by atoms with Crippen LogP contribution in [0.4, 0.5) is 0 Å². The number of unbranched alkanes of at least 4 members (excludes halogenated alkanes) is 7. The van der Waals surface area contributed by atoms with Gasteiger partial charge in [0.25, 0.3) is 0 Å². The summed E-state index contributed by atoms with van der Waals surface area (Å²) >= 11 is 0. The lowest BCUT2D eigenvalue weighted by Crippen LogP contribution is -2.29. The maximum atomic E-state index is 12.6. The summed E-state index contributed by atoms with van der Waals surface area (Å²) in [5.41, 5.74) is 0. The molecular weight excluding hydrogens is 735 g/mol. The summed E-state index contributed by atoms with van der Waals surface area (Å²) in [6.45, 7) is 1.99. The number of hydrogen-bond donors (Lipinski definition) is 4. The lowest BCUT2D eigenvalue weighted by molar-refractivity contribution is -0.161. The average molecular weight is 809 g/mol. The second-order valence-electron chi connectivity index (χ2n) is 13.4. The fourth-order valence-corrected chi connectivity index (χ4v) is 5.69. The highest BCUT2D eigenvalue weighted by Gasteiger charge is 2.27. The first kappa shape index (κ1) is 53.1. The van der Waals surface area contributed by atoms with E-state index in [9.17, 15) is 29.3 Å². The Morgan fingerprint density at radius 2 is 1.12 bits per heavy atom. The van der Waals surface area contributed by atoms with E-state index in [1.54, 1.807) is 0 Å². The van der Waals surface area contributed by atoms with Crippen molar-refractivity contribution in [3.05, 3.63) is 85.1 Å². The summed E-state index contributed by atoms with van der Waals surface area (Å²) < 4.78 is 32.6. The van der Waals surface area contributed by atoms with Gasteiger partial charge in [-0.05, 0) is 77.0 Å². The van der Waals surface area contributed by atoms with Crippen LogP contribution in [0.1, 0.15) is 136 Å². The Bertz CT molecular complexity index is 1220. The van der Waals surface area contributed by atoms with Crippen molar-refractivity contribution in [2.75, 3.05) is 26.4 Å². The van der Waals surface area contributed by atoms with Gasteiger partial charge in [-0.1, -0.05) is 131 Å². The number of carbonyl (C=O) groups excluding carboxylic acids is 2. The summed E-state index contributed by atoms with van der Waals surface area (Å²) in [5.74, 6) is -1.04. The molecule has 0 saturated heterocycles. The lowest BCUT2D eigenvalue weighted by Gasteiger charge is -2.20. The van der Waals surface area contributed by atoms with E-state index in [4.69, 9.17) is 19.1 Å². The molecule has 0 aliphatic heterocycles. The van der Waals surface area contributed by atoms with Gasteiger partial charge in [0, 0.05) is 12.8 Å². The number of aliphatic hydroxyl groups is 3. The molecule has 12 heteroatoms. The van der Waals surface area contributed by atoms with Gasteiger partial charge in [-0.25, -0.2) is 4.57 Å². The van der Waals surface area contributed by atoms with Gasteiger partial charge in [-0.15, -0.1) is 0 Å². The molecule has 0 aromatic rings. The maximum Gasteiger partial charge on any atom is 0.472 e. The van der Waals surface area contributed by atoms with Crippen molar-refractivity contribution in [1.82, 2.24) is 0 Å². The molecule has 0 fully saturated rings. The molecule has 4 N–H and O–H groups in total. The first-order valence-corrected chi connectivity index (χ1v) is 22.1. The third kappa shape index (κ3) is 38.0. The molecule has 0 aliphatic rings. The Kier molecular flexibility index (Phi) is 36.9. The zero-order chi connectivity index (χ0) is 41.4. The van der Waals surface area contributed by atoms with Crippen LogP contribution < -0.4 is 0 Å². The molecule has 0 aliphatic carbocycles. The predicted octanol–water partition coefficient (Wildman–Crippen LogP) is 9.63. The second kappa shape index (κ2) is 39.0. The Hall–Kier alpha value is -2.89. The number of allylic oxidation sites excluding steroid dienone is 13. The molecule has 4 atom stereocenters. The number of hydrogen-bond acceptors (Lipinski definition) is 10. The third-order valence-electron chi connectivity index (χ3n) is 8.10. The van der Waals surface area contributed by atoms with E-state index < -0.39 is 51.8 Å². The number of phosphoric acid groups is 1. The number of phosphoric ester groups is 1. The molecule has 0 amide bonds. The van der Waals surface area contributed by atoms with Crippen molar-refractivity contribution in [1.29, 1.82) is 0 Å². The highest BCUT2D eigenvalue weighted by atomic mass is 31.2. The zero-order valence-corrected chi connectivity index (χ0v) is 35.1. The minimum atomic E-state index is -4.65. The molecule has 11 nitrogen and oxygen atoms in total. The summed E-state index contributed by atoms with van der Waals surface area (Å²) in [4.78, 5) is 34.9. The van der Waals surface area contributed by atoms with Crippen molar-refractivity contribution in [3.8, 4) is 0 Å². The Morgan fingerprint density at radius 3 is 1.73 bits per heavy atom. The highest BCUT2D eigenvalue weighted by molar-refractivity contribution is 7.47. The fourth-order valence-electron chi connectivity index (χ4n) is 4.90. The SMILES string of the molecule is CC/C=C\C/C=C\C/C=C\CCCCCCCC(=O)O[C@H](COC(=O)CCC/C=C\C/C=C\C/C=C\C/C=C\[C@@H](O)CCCC)COP(=O)(O)OC[C@@H](O)CO. The van der Waals surface area contributed by atoms with Crippen molar-refractivity contribution >= 4 is 19.8 Å². The van der Waals surface area contributed by atoms with Gasteiger partial charge in [-0.3, -0.25) is 18.6 Å². The van der Waals surface area contributed by atoms with Gasteiger partial charge >= 0.3 is 19.8 Å². The van der Waals surface area contributed by atoms with Crippen LogP contribution in [0.5, 0.6) is 0 Å². The number of carbonyl (C=O) groups is 2. The van der Waals surface area contributed by atoms with Crippen LogP contribution in [0.3, 0.4) is 0 Å². The molecule has 1 unspecified atom stereocenters. The normalized spacial score (nSPS) is 15.3. The quantitative estimate of drug-likeness (QED) is 0.0204. The van der Waals surface area contributed by atoms with Crippen molar-refractivity contribution in [3.63, 3.8) is 0 Å². The summed E-state index contributed by atoms with van der Waals surface area (Å²) in [7, 11) is -4.65. The predicted molar refractivity (Wildman–Crippen MR) is 225 cm³/mol. The molecule has 0 radical (unpaired) electrons. The average Bonchev–Trinajstić information content (AvgIpc) is 3.18. The van der Waals surface area contributed by atoms with Crippen molar-refractivity contribution < 1.29 is 52.9 Å². The number of esters is 2. The van der Waals surface area contributed by atoms with Crippen LogP contribution in [-0.2, 0) is 32.7 Å². The van der Waals surface area contributed by atoms with E-state index in [2.05, 4.69) is 79.1 Å². The molecule has 0 aromatic heterocycles. The number of rotatable bonds is 37. The van der Waals surface area contributed by atoms with E-state index in [0.717, 1.165) is 89.9 Å². The van der Waals surface area contributed by atoms with Crippen LogP contribution in [0.2, 0.25) is 0 Å². The zero-order valence-electron chi connectivity index (χ0n) is 34.2. The van der Waals surface area contributed by atoms with Crippen LogP contribution in [0, 0.1) is 0 Å². The molecule has 320 valence electrons. The molecule has 0 bridgehead atoms. The molecular formula is C44H73O11P. The van der Waals surface area contributed by atoms with E-state index in [-0.39, 0.29) is 25.6 Å². The van der Waals surface area contributed by atoms with Crippen molar-refractivity contribution in [2.24, 2.45) is 0 Å². The molecule has 0 aromatic carbocycles. The Balaban J connectivity index is 4.49. The minimum Gasteiger partial charge on any atom is -0.462 e. The number of ether oxygens (including phenoxy) is 2. The standard InChI is InChI=1S/C44H73O11P/c1-3-5-7-8-9-10-11-12-13-14-19-22-25-28-31-35-44(49)55-42(39-54-56(50,51)53-37-41(47)36-45)38-52-43(48)34-30-27-24-21-18-16-15-17-20-23-26-29-33-40(46)32-6-4-2/h5,7,9-10,12-13,15-16,20-21,23-24,29,33,40-42,45-47H,3-4,6,8,11,14,17-19,22,25-28,30-32,34-39H2,1-2H3,(H,50,51)/b7-5-,10-9-,13-12-,16-15-,23-20-,24-21-,33-29-/t40-,41-,42+/m0/s1. The number of aliphatic hydroxyl groups excluding tert-OH is 3. The van der Waals surface area contributed by atoms with Crippen molar-refractivity contribution in [2.45, 2.75) is 154 Å². The van der Waals surface area contributed by atoms with Crippen LogP contribution >= 0.6 is 7.82 Å². The first-order valence-electron chi connectivity index (χ1n) is 20.6. The molecule has 0 rings (SSSR count). The summed E-state index contributed by atoms with van der Waals surface area (Å²) in [6, 6.07) is 0. The molecule has 0 heterocycles. The lowest BCUT2D eigenvalue weighted by atomic mass is 10.1. The Labute approximate surface area is 337 Å². The topological polar surface area (TPSA) is 169 Å². The van der Waals surface area contributed by atoms with E-state index in [1.807, 2.05) is 24.3 Å². The smallest absolute Gasteiger partial charge is 0.462 e. The van der Waals surface area contributed by atoms with Crippen LogP contribution in [0.25, 0.3) is 0 Å². The maximum absolute atomic E-state index is 12.6. The van der Waals surface area contributed by atoms with Gasteiger partial charge in [0.1, 0.15) is 12.7 Å². The van der Waals surface area contributed by atoms with E-state index in [1.165, 1.54) is 0 Å². The molecule has 0 spiro atoms. The third-order valence-corrected chi connectivity index (χ3v) is 9.06. The monoisotopic (exact) mass is 808 g/mol. The van der Waals surface area contributed by atoms with Gasteiger partial charge < -0.3 is 29.7 Å². The van der Waals surface area contributed by atoms with E-state index in [0.29, 0.717) is 19.3 Å². The van der Waals surface area contributed by atoms with Crippen LogP contribution in [0.15, 0.2) is 85.1 Å². The minimum absolute atomic E-state index is 0.140. The second-order valence-corrected chi connectivity index (χ2v) is 14.9. The summed E-state index contributed by atoms with van der Waals surface area (Å²) in [5, 5.41) is 28.1. The first-order chi connectivity index (χ1) is 27.1. The highest BCUT2D eigenvalue weighted by Crippen LogP contribution is 2.43. The van der Waals surface area contributed by atoms with Gasteiger partial charge in [0.15, 0.2) is 6.10 Å². The van der Waals surface area contributed by atoms with Crippen LogP contribution in [-0.4, -0.2) is 76.9 Å². The van der Waals surface area contributed by atoms with Gasteiger partial charge in [0.05, 0.1) is 25.9 Å². The van der Waals surface area contributed by atoms with Gasteiger partial charge in [0.2, 0.25) is 0 Å². The molecule has 0 saturated carbocycles. The fraction of sp³-hybridized carbons (Fsp3) is 0.636. The summed E-state index contributed by atoms with van der Waals surface area (Å²) in [6.07, 6.45) is 41.8. The van der Waals surface area contributed by atoms with E-state index >= 15 is 0 Å².